The third-order valence-electron chi connectivity index (χ3n) is 2.01. The first kappa shape index (κ1) is 14.0. The van der Waals surface area contributed by atoms with Crippen LogP contribution in [0.4, 0.5) is 0 Å². The number of aromatic carboxylic acids is 1. The van der Waals surface area contributed by atoms with Crippen molar-refractivity contribution in [3.05, 3.63) is 24.0 Å². The van der Waals surface area contributed by atoms with Gasteiger partial charge in [-0.2, -0.15) is 0 Å². The summed E-state index contributed by atoms with van der Waals surface area (Å²) in [6, 6.07) is 3.16. The van der Waals surface area contributed by atoms with E-state index in [1.54, 1.807) is 6.07 Å². The van der Waals surface area contributed by atoms with Crippen molar-refractivity contribution >= 4 is 11.9 Å². The quantitative estimate of drug-likeness (QED) is 0.790. The van der Waals surface area contributed by atoms with Crippen LogP contribution in [0.2, 0.25) is 0 Å². The summed E-state index contributed by atoms with van der Waals surface area (Å²) < 4.78 is 5.25. The minimum Gasteiger partial charge on any atom is -0.490 e. The molecule has 1 aromatic rings. The number of nitrogens with zero attached hydrogens (tertiary/aromatic N) is 1. The molecule has 0 aromatic carbocycles. The van der Waals surface area contributed by atoms with Gasteiger partial charge in [-0.15, -0.1) is 0 Å². The van der Waals surface area contributed by atoms with Gasteiger partial charge in [0.25, 0.3) is 0 Å². The molecule has 0 radical (unpaired) electrons. The number of carboxylic acids is 1. The number of ether oxygens (including phenoxy) is 1. The number of rotatable bonds is 6. The average Bonchev–Trinajstić information content (AvgIpc) is 2.28. The number of carboxylic acid groups (broad SMARTS) is 1. The molecule has 98 valence electrons. The van der Waals surface area contributed by atoms with Gasteiger partial charge in [-0.3, -0.25) is 4.79 Å². The maximum Gasteiger partial charge on any atom is 0.358 e. The summed E-state index contributed by atoms with van der Waals surface area (Å²) >= 11 is 0. The Morgan fingerprint density at radius 2 is 2.22 bits per heavy atom. The lowest BCUT2D eigenvalue weighted by Gasteiger charge is -2.10. The Bertz CT molecular complexity index is 432. The molecule has 18 heavy (non-hydrogen) atoms. The predicted octanol–water partition coefficient (Wildman–Crippen LogP) is 1.07. The maximum absolute atomic E-state index is 11.3. The SMILES string of the molecule is CC(C)NC(=O)CCOc1cccnc1C(=O)O. The van der Waals surface area contributed by atoms with E-state index in [0.29, 0.717) is 0 Å². The van der Waals surface area contributed by atoms with Gasteiger partial charge in [0.15, 0.2) is 11.4 Å². The van der Waals surface area contributed by atoms with Gasteiger partial charge in [-0.1, -0.05) is 0 Å². The largest absolute Gasteiger partial charge is 0.490 e. The highest BCUT2D eigenvalue weighted by Crippen LogP contribution is 2.15. The third kappa shape index (κ3) is 4.40. The highest BCUT2D eigenvalue weighted by Gasteiger charge is 2.12. The van der Waals surface area contributed by atoms with Crippen LogP contribution in [0.3, 0.4) is 0 Å². The number of carbonyl (C=O) groups is 2. The van der Waals surface area contributed by atoms with Crippen LogP contribution in [-0.4, -0.2) is 34.6 Å². The van der Waals surface area contributed by atoms with Crippen molar-refractivity contribution in [2.24, 2.45) is 0 Å². The molecule has 6 nitrogen and oxygen atoms in total. The minimum atomic E-state index is -1.16. The minimum absolute atomic E-state index is 0.0745. The van der Waals surface area contributed by atoms with Crippen LogP contribution in [0.15, 0.2) is 18.3 Å². The molecular weight excluding hydrogens is 236 g/mol. The van der Waals surface area contributed by atoms with Gasteiger partial charge in [0.05, 0.1) is 13.0 Å². The van der Waals surface area contributed by atoms with E-state index in [2.05, 4.69) is 10.3 Å². The normalized spacial score (nSPS) is 10.2. The summed E-state index contributed by atoms with van der Waals surface area (Å²) in [5.41, 5.74) is -0.151. The van der Waals surface area contributed by atoms with Gasteiger partial charge in [0.2, 0.25) is 5.91 Å². The monoisotopic (exact) mass is 252 g/mol. The average molecular weight is 252 g/mol. The van der Waals surface area contributed by atoms with E-state index in [1.807, 2.05) is 13.8 Å². The molecule has 0 aliphatic heterocycles. The van der Waals surface area contributed by atoms with Crippen molar-refractivity contribution in [3.63, 3.8) is 0 Å². The van der Waals surface area contributed by atoms with Crippen molar-refractivity contribution in [1.29, 1.82) is 0 Å². The zero-order valence-corrected chi connectivity index (χ0v) is 10.3. The molecule has 1 amide bonds. The first-order valence-electron chi connectivity index (χ1n) is 5.61. The van der Waals surface area contributed by atoms with Crippen LogP contribution in [0.5, 0.6) is 5.75 Å². The number of aromatic nitrogens is 1. The van der Waals surface area contributed by atoms with Crippen LogP contribution in [0.25, 0.3) is 0 Å². The van der Waals surface area contributed by atoms with Gasteiger partial charge in [-0.05, 0) is 26.0 Å². The fourth-order valence-corrected chi connectivity index (χ4v) is 1.32. The predicted molar refractivity (Wildman–Crippen MR) is 64.6 cm³/mol. The van der Waals surface area contributed by atoms with Crippen molar-refractivity contribution in [2.75, 3.05) is 6.61 Å². The van der Waals surface area contributed by atoms with Gasteiger partial charge >= 0.3 is 5.97 Å². The highest BCUT2D eigenvalue weighted by atomic mass is 16.5. The smallest absolute Gasteiger partial charge is 0.358 e. The van der Waals surface area contributed by atoms with E-state index >= 15 is 0 Å². The van der Waals surface area contributed by atoms with E-state index in [9.17, 15) is 9.59 Å². The van der Waals surface area contributed by atoms with Crippen LogP contribution in [0.1, 0.15) is 30.8 Å². The van der Waals surface area contributed by atoms with Gasteiger partial charge < -0.3 is 15.2 Å². The summed E-state index contributed by atoms with van der Waals surface area (Å²) in [6.45, 7) is 3.84. The van der Waals surface area contributed by atoms with E-state index < -0.39 is 5.97 Å². The second-order valence-corrected chi connectivity index (χ2v) is 3.98. The highest BCUT2D eigenvalue weighted by molar-refractivity contribution is 5.88. The molecule has 0 unspecified atom stereocenters. The molecule has 0 aliphatic carbocycles. The molecule has 0 saturated carbocycles. The van der Waals surface area contributed by atoms with Gasteiger partial charge in [0, 0.05) is 12.2 Å². The molecule has 2 N–H and O–H groups in total. The topological polar surface area (TPSA) is 88.5 Å². The Hall–Kier alpha value is -2.11. The van der Waals surface area contributed by atoms with Crippen LogP contribution in [-0.2, 0) is 4.79 Å². The molecule has 0 bridgehead atoms. The standard InChI is InChI=1S/C12H16N2O4/c1-8(2)14-10(15)5-7-18-9-4-3-6-13-11(9)12(16)17/h3-4,6,8H,5,7H2,1-2H3,(H,14,15)(H,16,17). The lowest BCUT2D eigenvalue weighted by atomic mass is 10.3. The summed E-state index contributed by atoms with van der Waals surface area (Å²) in [6.07, 6.45) is 1.55. The molecule has 0 fully saturated rings. The summed E-state index contributed by atoms with van der Waals surface area (Å²) in [5.74, 6) is -1.12. The number of nitrogens with one attached hydrogen (secondary N) is 1. The molecule has 1 heterocycles. The Labute approximate surface area is 105 Å². The van der Waals surface area contributed by atoms with Crippen molar-refractivity contribution in [1.82, 2.24) is 10.3 Å². The Kier molecular flexibility index (Phi) is 5.10. The fourth-order valence-electron chi connectivity index (χ4n) is 1.32. The fraction of sp³-hybridized carbons (Fsp3) is 0.417. The molecule has 1 rings (SSSR count). The van der Waals surface area contributed by atoms with Crippen molar-refractivity contribution in [3.8, 4) is 5.75 Å². The summed E-state index contributed by atoms with van der Waals surface area (Å²) in [5, 5.41) is 11.6. The molecule has 0 aliphatic rings. The molecule has 0 atom stereocenters. The van der Waals surface area contributed by atoms with Gasteiger partial charge in [-0.25, -0.2) is 9.78 Å². The Morgan fingerprint density at radius 3 is 2.83 bits per heavy atom. The molecule has 6 heteroatoms. The van der Waals surface area contributed by atoms with E-state index in [1.165, 1.54) is 12.3 Å². The zero-order chi connectivity index (χ0) is 13.5. The summed E-state index contributed by atoms with van der Waals surface area (Å²) in [7, 11) is 0. The molecular formula is C12H16N2O4. The molecule has 1 aromatic heterocycles. The van der Waals surface area contributed by atoms with Crippen LogP contribution in [0, 0.1) is 0 Å². The van der Waals surface area contributed by atoms with E-state index in [-0.39, 0.29) is 36.4 Å². The first-order chi connectivity index (χ1) is 8.50. The lowest BCUT2D eigenvalue weighted by molar-refractivity contribution is -0.122. The second kappa shape index (κ2) is 6.58. The lowest BCUT2D eigenvalue weighted by Crippen LogP contribution is -2.31. The molecule has 0 spiro atoms. The third-order valence-corrected chi connectivity index (χ3v) is 2.01. The maximum atomic E-state index is 11.3. The Balaban J connectivity index is 2.49. The van der Waals surface area contributed by atoms with E-state index in [4.69, 9.17) is 9.84 Å². The zero-order valence-electron chi connectivity index (χ0n) is 10.3. The second-order valence-electron chi connectivity index (χ2n) is 3.98. The number of amides is 1. The van der Waals surface area contributed by atoms with Crippen molar-refractivity contribution in [2.45, 2.75) is 26.3 Å². The van der Waals surface area contributed by atoms with Gasteiger partial charge in [0.1, 0.15) is 0 Å². The first-order valence-corrected chi connectivity index (χ1v) is 5.61. The number of carbonyl (C=O) groups excluding carboxylic acids is 1. The van der Waals surface area contributed by atoms with E-state index in [0.717, 1.165) is 0 Å². The Morgan fingerprint density at radius 1 is 1.50 bits per heavy atom. The van der Waals surface area contributed by atoms with Crippen LogP contribution >= 0.6 is 0 Å². The molecule has 0 saturated heterocycles. The van der Waals surface area contributed by atoms with Crippen molar-refractivity contribution < 1.29 is 19.4 Å². The van der Waals surface area contributed by atoms with Crippen LogP contribution < -0.4 is 10.1 Å². The number of hydrogen-bond acceptors (Lipinski definition) is 4. The number of hydrogen-bond donors (Lipinski definition) is 2. The summed E-state index contributed by atoms with van der Waals surface area (Å²) in [4.78, 5) is 25.9. The number of pyridine rings is 1.